The fraction of sp³-hybridized carbons (Fsp3) is 1.00. The summed E-state index contributed by atoms with van der Waals surface area (Å²) in [6.07, 6.45) is -6.67. The molecule has 9 heteroatoms. The summed E-state index contributed by atoms with van der Waals surface area (Å²) < 4.78 is 30.8. The Kier molecular flexibility index (Phi) is 4.23. The Labute approximate surface area is 92.2 Å². The van der Waals surface area contributed by atoms with Gasteiger partial charge in [0, 0.05) is 0 Å². The van der Waals surface area contributed by atoms with Crippen molar-refractivity contribution in [3.8, 4) is 0 Å². The molecule has 0 amide bonds. The van der Waals surface area contributed by atoms with E-state index in [1.165, 1.54) is 0 Å². The van der Waals surface area contributed by atoms with Crippen molar-refractivity contribution in [1.29, 1.82) is 0 Å². The van der Waals surface area contributed by atoms with Crippen molar-refractivity contribution in [2.75, 3.05) is 12.9 Å². The summed E-state index contributed by atoms with van der Waals surface area (Å²) in [5.41, 5.74) is 0. The van der Waals surface area contributed by atoms with Gasteiger partial charge < -0.3 is 25.2 Å². The number of ether oxygens (including phenoxy) is 1. The average molecular weight is 258 g/mol. The van der Waals surface area contributed by atoms with Gasteiger partial charge in [-0.3, -0.25) is 4.18 Å². The van der Waals surface area contributed by atoms with Gasteiger partial charge in [0.1, 0.15) is 24.4 Å². The van der Waals surface area contributed by atoms with Gasteiger partial charge in [-0.25, -0.2) is 0 Å². The second kappa shape index (κ2) is 4.92. The number of hydrogen-bond donors (Lipinski definition) is 4. The molecular weight excluding hydrogens is 244 g/mol. The molecule has 96 valence electrons. The summed E-state index contributed by atoms with van der Waals surface area (Å²) >= 11 is 0. The van der Waals surface area contributed by atoms with Gasteiger partial charge in [-0.05, 0) is 0 Å². The van der Waals surface area contributed by atoms with Crippen LogP contribution in [-0.2, 0) is 19.0 Å². The highest BCUT2D eigenvalue weighted by atomic mass is 32.2. The molecule has 0 aromatic carbocycles. The summed E-state index contributed by atoms with van der Waals surface area (Å²) in [6, 6.07) is 0. The third-order valence-corrected chi connectivity index (χ3v) is 2.72. The quantitative estimate of drug-likeness (QED) is 0.387. The maximum absolute atomic E-state index is 10.8. The highest BCUT2D eigenvalue weighted by molar-refractivity contribution is 7.86. The Morgan fingerprint density at radius 3 is 2.19 bits per heavy atom. The summed E-state index contributed by atoms with van der Waals surface area (Å²) in [5, 5.41) is 36.5. The van der Waals surface area contributed by atoms with Crippen LogP contribution in [0.3, 0.4) is 0 Å². The van der Waals surface area contributed by atoms with Crippen LogP contribution in [0, 0.1) is 0 Å². The van der Waals surface area contributed by atoms with Crippen LogP contribution in [0.2, 0.25) is 0 Å². The molecule has 0 spiro atoms. The minimum absolute atomic E-state index is 0.742. The molecule has 1 rings (SSSR count). The largest absolute Gasteiger partial charge is 0.394 e. The number of hydrogen-bond acceptors (Lipinski definition) is 8. The van der Waals surface area contributed by atoms with E-state index in [0.29, 0.717) is 0 Å². The normalized spacial score (nSPS) is 37.6. The molecule has 0 aromatic heterocycles. The van der Waals surface area contributed by atoms with E-state index < -0.39 is 47.4 Å². The first kappa shape index (κ1) is 13.8. The van der Waals surface area contributed by atoms with Crippen LogP contribution >= 0.6 is 0 Å². The Morgan fingerprint density at radius 2 is 1.88 bits per heavy atom. The van der Waals surface area contributed by atoms with Gasteiger partial charge in [-0.15, -0.1) is 0 Å². The lowest BCUT2D eigenvalue weighted by Crippen LogP contribution is -2.42. The Bertz CT molecular complexity index is 327. The molecule has 0 saturated carbocycles. The van der Waals surface area contributed by atoms with Crippen LogP contribution in [0.1, 0.15) is 0 Å². The summed E-state index contributed by atoms with van der Waals surface area (Å²) in [7, 11) is -3.85. The lowest BCUT2D eigenvalue weighted by atomic mass is 10.1. The zero-order valence-electron chi connectivity index (χ0n) is 8.42. The maximum Gasteiger partial charge on any atom is 0.264 e. The Morgan fingerprint density at radius 1 is 1.31 bits per heavy atom. The number of rotatable bonds is 4. The van der Waals surface area contributed by atoms with Crippen LogP contribution in [0.15, 0.2) is 0 Å². The smallest absolute Gasteiger partial charge is 0.264 e. The van der Waals surface area contributed by atoms with E-state index in [0.717, 1.165) is 6.26 Å². The van der Waals surface area contributed by atoms with Crippen molar-refractivity contribution in [3.63, 3.8) is 0 Å². The summed E-state index contributed by atoms with van der Waals surface area (Å²) in [6.45, 7) is -0.742. The van der Waals surface area contributed by atoms with Gasteiger partial charge >= 0.3 is 0 Å². The van der Waals surface area contributed by atoms with Gasteiger partial charge in [0.2, 0.25) is 0 Å². The number of aliphatic hydroxyl groups is 4. The van der Waals surface area contributed by atoms with Crippen molar-refractivity contribution in [2.24, 2.45) is 0 Å². The van der Waals surface area contributed by atoms with E-state index in [1.807, 2.05) is 0 Å². The van der Waals surface area contributed by atoms with Gasteiger partial charge in [0.05, 0.1) is 12.9 Å². The third kappa shape index (κ3) is 3.10. The van der Waals surface area contributed by atoms with Crippen LogP contribution in [0.5, 0.6) is 0 Å². The average Bonchev–Trinajstić information content (AvgIpc) is 2.41. The zero-order valence-corrected chi connectivity index (χ0v) is 9.24. The molecule has 1 fully saturated rings. The molecule has 4 N–H and O–H groups in total. The molecule has 0 bridgehead atoms. The van der Waals surface area contributed by atoms with Crippen LogP contribution in [0.25, 0.3) is 0 Å². The Hall–Kier alpha value is -0.290. The van der Waals surface area contributed by atoms with Gasteiger partial charge in [-0.1, -0.05) is 0 Å². The summed E-state index contributed by atoms with van der Waals surface area (Å²) in [4.78, 5) is 0. The van der Waals surface area contributed by atoms with Gasteiger partial charge in [0.25, 0.3) is 10.1 Å². The highest BCUT2D eigenvalue weighted by Crippen LogP contribution is 2.24. The fourth-order valence-electron chi connectivity index (χ4n) is 1.41. The second-order valence-corrected chi connectivity index (χ2v) is 5.09. The standard InChI is InChI=1S/C7H14O8S/c1-16(12,13)15-3(2-8)6-4(9)5(10)7(11)14-6/h3-11H,2H2,1H3/t3-,4-,5+,6-,7?/m1/s1. The van der Waals surface area contributed by atoms with Crippen molar-refractivity contribution < 1.29 is 37.8 Å². The highest BCUT2D eigenvalue weighted by Gasteiger charge is 2.46. The first-order valence-corrected chi connectivity index (χ1v) is 6.26. The maximum atomic E-state index is 10.8. The topological polar surface area (TPSA) is 134 Å². The molecule has 0 aromatic rings. The van der Waals surface area contributed by atoms with Crippen molar-refractivity contribution in [2.45, 2.75) is 30.7 Å². The predicted molar refractivity (Wildman–Crippen MR) is 49.7 cm³/mol. The zero-order chi connectivity index (χ0) is 12.5. The second-order valence-electron chi connectivity index (χ2n) is 3.49. The molecule has 8 nitrogen and oxygen atoms in total. The van der Waals surface area contributed by atoms with E-state index in [9.17, 15) is 13.5 Å². The molecule has 16 heavy (non-hydrogen) atoms. The lowest BCUT2D eigenvalue weighted by Gasteiger charge is -2.22. The lowest BCUT2D eigenvalue weighted by molar-refractivity contribution is -0.146. The Balaban J connectivity index is 2.75. The molecule has 0 radical (unpaired) electrons. The van der Waals surface area contributed by atoms with Crippen molar-refractivity contribution in [1.82, 2.24) is 0 Å². The first-order chi connectivity index (χ1) is 7.26. The van der Waals surface area contributed by atoms with E-state index in [2.05, 4.69) is 4.18 Å². The minimum atomic E-state index is -3.85. The number of aliphatic hydroxyl groups excluding tert-OH is 4. The van der Waals surface area contributed by atoms with Crippen molar-refractivity contribution in [3.05, 3.63) is 0 Å². The third-order valence-electron chi connectivity index (χ3n) is 2.12. The fourth-order valence-corrected chi connectivity index (χ4v) is 2.03. The molecule has 1 aliphatic rings. The summed E-state index contributed by atoms with van der Waals surface area (Å²) in [5.74, 6) is 0. The monoisotopic (exact) mass is 258 g/mol. The molecule has 1 heterocycles. The first-order valence-electron chi connectivity index (χ1n) is 4.45. The molecule has 1 unspecified atom stereocenters. The van der Waals surface area contributed by atoms with Gasteiger partial charge in [-0.2, -0.15) is 8.42 Å². The van der Waals surface area contributed by atoms with E-state index in [1.54, 1.807) is 0 Å². The molecule has 1 aliphatic heterocycles. The van der Waals surface area contributed by atoms with Gasteiger partial charge in [0.15, 0.2) is 6.29 Å². The van der Waals surface area contributed by atoms with Crippen LogP contribution in [0.4, 0.5) is 0 Å². The molecule has 0 aliphatic carbocycles. The molecular formula is C7H14O8S. The van der Waals surface area contributed by atoms with E-state index >= 15 is 0 Å². The van der Waals surface area contributed by atoms with E-state index in [4.69, 9.17) is 20.1 Å². The van der Waals surface area contributed by atoms with Crippen LogP contribution < -0.4 is 0 Å². The minimum Gasteiger partial charge on any atom is -0.394 e. The SMILES string of the molecule is CS(=O)(=O)O[C@H](CO)[C@H]1OC(O)[C@@H](O)[C@H]1O. The predicted octanol–water partition coefficient (Wildman–Crippen LogP) is -3.24. The molecule has 5 atom stereocenters. The van der Waals surface area contributed by atoms with Crippen molar-refractivity contribution >= 4 is 10.1 Å². The molecule has 1 saturated heterocycles. The van der Waals surface area contributed by atoms with Crippen LogP contribution in [-0.4, -0.2) is 72.4 Å². The van der Waals surface area contributed by atoms with E-state index in [-0.39, 0.29) is 0 Å².